The smallest absolute Gasteiger partial charge is 0.256 e. The van der Waals surface area contributed by atoms with Crippen LogP contribution in [0.25, 0.3) is 21.7 Å². The monoisotopic (exact) mass is 472 g/mol. The second kappa shape index (κ2) is 7.93. The van der Waals surface area contributed by atoms with Crippen LogP contribution in [0.3, 0.4) is 0 Å². The number of nitrogens with one attached hydrogen (secondary N) is 1. The third kappa shape index (κ3) is 3.39. The number of aryl methyl sites for hydroxylation is 1. The molecule has 1 aliphatic rings. The van der Waals surface area contributed by atoms with Crippen LogP contribution in [0, 0.1) is 11.6 Å². The zero-order chi connectivity index (χ0) is 23.4. The summed E-state index contributed by atoms with van der Waals surface area (Å²) < 4.78 is 35.3. The molecule has 4 aromatic rings. The molecule has 7 nitrogen and oxygen atoms in total. The van der Waals surface area contributed by atoms with Gasteiger partial charge in [-0.1, -0.05) is 11.6 Å². The van der Waals surface area contributed by atoms with Crippen LogP contribution in [0.5, 0.6) is 0 Å². The summed E-state index contributed by atoms with van der Waals surface area (Å²) in [6.45, 7) is 2.80. The van der Waals surface area contributed by atoms with Crippen molar-refractivity contribution in [1.82, 2.24) is 19.7 Å². The molecular weight excluding hydrogens is 454 g/mol. The van der Waals surface area contributed by atoms with Crippen molar-refractivity contribution in [2.45, 2.75) is 26.1 Å². The lowest BCUT2D eigenvalue weighted by Crippen LogP contribution is -2.37. The van der Waals surface area contributed by atoms with Crippen molar-refractivity contribution in [1.29, 1.82) is 0 Å². The van der Waals surface area contributed by atoms with Crippen LogP contribution in [-0.2, 0) is 17.9 Å². The number of amides is 1. The number of fused-ring (bicyclic) bond motifs is 4. The van der Waals surface area contributed by atoms with Crippen LogP contribution in [-0.4, -0.2) is 39.2 Å². The molecule has 2 aromatic heterocycles. The molecule has 1 atom stereocenters. The molecule has 0 saturated carbocycles. The minimum Gasteiger partial charge on any atom is -0.373 e. The Balaban J connectivity index is 1.60. The van der Waals surface area contributed by atoms with Gasteiger partial charge in [0.25, 0.3) is 11.5 Å². The van der Waals surface area contributed by atoms with Gasteiger partial charge in [-0.3, -0.25) is 14.3 Å². The second-order valence-electron chi connectivity index (χ2n) is 7.94. The van der Waals surface area contributed by atoms with Crippen molar-refractivity contribution in [3.05, 3.63) is 74.3 Å². The van der Waals surface area contributed by atoms with Gasteiger partial charge < -0.3 is 14.6 Å². The summed E-state index contributed by atoms with van der Waals surface area (Å²) in [5.41, 5.74) is 1.62. The van der Waals surface area contributed by atoms with E-state index in [2.05, 4.69) is 10.1 Å². The Kier molecular flexibility index (Phi) is 5.18. The van der Waals surface area contributed by atoms with Crippen LogP contribution in [0.15, 0.2) is 35.1 Å². The highest BCUT2D eigenvalue weighted by molar-refractivity contribution is 6.34. The van der Waals surface area contributed by atoms with E-state index in [4.69, 9.17) is 16.3 Å². The van der Waals surface area contributed by atoms with Crippen molar-refractivity contribution in [3.8, 4) is 0 Å². The number of ether oxygens (including phenoxy) is 1. The molecular formula is C23H19ClF2N4O3. The molecule has 1 aliphatic heterocycles. The first-order valence-electron chi connectivity index (χ1n) is 10.3. The number of carbonyl (C=O) groups is 1. The van der Waals surface area contributed by atoms with E-state index in [9.17, 15) is 18.4 Å². The number of hydrogen-bond donors (Lipinski definition) is 1. The number of pyridine rings is 1. The fourth-order valence-electron chi connectivity index (χ4n) is 4.41. The van der Waals surface area contributed by atoms with Gasteiger partial charge in [0.05, 0.1) is 30.2 Å². The van der Waals surface area contributed by atoms with Gasteiger partial charge in [-0.2, -0.15) is 5.10 Å². The molecule has 0 bridgehead atoms. The minimum absolute atomic E-state index is 0.0144. The quantitative estimate of drug-likeness (QED) is 0.485. The summed E-state index contributed by atoms with van der Waals surface area (Å²) in [5.74, 6) is -2.50. The summed E-state index contributed by atoms with van der Waals surface area (Å²) in [5, 5.41) is 5.50. The highest BCUT2D eigenvalue weighted by Gasteiger charge is 2.31. The zero-order valence-electron chi connectivity index (χ0n) is 17.8. The number of nitrogens with zero attached hydrogens (tertiary/aromatic N) is 3. The lowest BCUT2D eigenvalue weighted by Gasteiger charge is -2.34. The maximum Gasteiger partial charge on any atom is 0.256 e. The Morgan fingerprint density at radius 1 is 1.24 bits per heavy atom. The predicted molar refractivity (Wildman–Crippen MR) is 119 cm³/mol. The Morgan fingerprint density at radius 3 is 2.70 bits per heavy atom. The summed E-state index contributed by atoms with van der Waals surface area (Å²) in [6, 6.07) is 6.40. The number of benzene rings is 2. The van der Waals surface area contributed by atoms with E-state index in [1.54, 1.807) is 29.9 Å². The van der Waals surface area contributed by atoms with E-state index in [1.807, 2.05) is 6.92 Å². The van der Waals surface area contributed by atoms with Crippen LogP contribution in [0.2, 0.25) is 5.15 Å². The number of rotatable bonds is 3. The van der Waals surface area contributed by atoms with Crippen molar-refractivity contribution in [2.24, 2.45) is 0 Å². The number of aromatic nitrogens is 3. The first-order chi connectivity index (χ1) is 15.8. The number of H-pyrrole nitrogens is 1. The van der Waals surface area contributed by atoms with Gasteiger partial charge >= 0.3 is 0 Å². The average Bonchev–Trinajstić information content (AvgIpc) is 3.14. The molecule has 0 radical (unpaired) electrons. The van der Waals surface area contributed by atoms with Gasteiger partial charge in [-0.05, 0) is 42.6 Å². The number of aromatic amines is 1. The molecule has 1 N–H and O–H groups in total. The van der Waals surface area contributed by atoms with Crippen LogP contribution >= 0.6 is 11.6 Å². The van der Waals surface area contributed by atoms with E-state index in [1.165, 1.54) is 4.90 Å². The van der Waals surface area contributed by atoms with E-state index >= 15 is 0 Å². The third-order valence-electron chi connectivity index (χ3n) is 6.08. The van der Waals surface area contributed by atoms with Crippen molar-refractivity contribution >= 4 is 39.2 Å². The average molecular weight is 473 g/mol. The highest BCUT2D eigenvalue weighted by atomic mass is 35.5. The Labute approximate surface area is 191 Å². The van der Waals surface area contributed by atoms with E-state index in [-0.39, 0.29) is 29.9 Å². The summed E-state index contributed by atoms with van der Waals surface area (Å²) >= 11 is 6.26. The first-order valence-corrected chi connectivity index (χ1v) is 10.7. The van der Waals surface area contributed by atoms with Gasteiger partial charge in [-0.25, -0.2) is 8.78 Å². The van der Waals surface area contributed by atoms with Gasteiger partial charge in [0.1, 0.15) is 0 Å². The lowest BCUT2D eigenvalue weighted by molar-refractivity contribution is 0.0336. The van der Waals surface area contributed by atoms with E-state index < -0.39 is 23.2 Å². The molecule has 0 saturated heterocycles. The minimum atomic E-state index is -1.11. The lowest BCUT2D eigenvalue weighted by atomic mass is 9.95. The normalized spacial score (nSPS) is 15.7. The van der Waals surface area contributed by atoms with Gasteiger partial charge in [0, 0.05) is 35.8 Å². The molecule has 170 valence electrons. The number of carbonyl (C=O) groups excluding carboxylic acids is 1. The fourth-order valence-corrected chi connectivity index (χ4v) is 4.65. The van der Waals surface area contributed by atoms with E-state index in [0.29, 0.717) is 33.9 Å². The SMILES string of the molecule is CCn1nc(Cl)c2cc(C(=O)N(C)[C@H]3COCc4[nH]c(=O)c5cc(F)c(F)cc5c43)ccc21. The molecule has 0 aliphatic carbocycles. The second-order valence-corrected chi connectivity index (χ2v) is 8.30. The number of likely N-dealkylation sites (N-methyl/N-ethyl adjacent to an activating group) is 1. The molecule has 33 heavy (non-hydrogen) atoms. The van der Waals surface area contributed by atoms with Crippen LogP contribution < -0.4 is 5.56 Å². The largest absolute Gasteiger partial charge is 0.373 e. The highest BCUT2D eigenvalue weighted by Crippen LogP contribution is 2.34. The van der Waals surface area contributed by atoms with E-state index in [0.717, 1.165) is 17.6 Å². The molecule has 2 aromatic carbocycles. The first kappa shape index (κ1) is 21.5. The van der Waals surface area contributed by atoms with Crippen LogP contribution in [0.4, 0.5) is 8.78 Å². The summed E-state index contributed by atoms with van der Waals surface area (Å²) in [4.78, 5) is 30.0. The maximum atomic E-state index is 14.1. The third-order valence-corrected chi connectivity index (χ3v) is 6.36. The van der Waals surface area contributed by atoms with Crippen molar-refractivity contribution < 1.29 is 18.3 Å². The Morgan fingerprint density at radius 2 is 1.97 bits per heavy atom. The topological polar surface area (TPSA) is 80.2 Å². The summed E-state index contributed by atoms with van der Waals surface area (Å²) in [7, 11) is 1.60. The molecule has 10 heteroatoms. The van der Waals surface area contributed by atoms with Crippen LogP contribution in [0.1, 0.15) is 34.6 Å². The fraction of sp³-hybridized carbons (Fsp3) is 0.261. The predicted octanol–water partition coefficient (Wildman–Crippen LogP) is 4.17. The van der Waals surface area contributed by atoms with Gasteiger partial charge in [0.15, 0.2) is 16.8 Å². The van der Waals surface area contributed by atoms with Gasteiger partial charge in [-0.15, -0.1) is 0 Å². The maximum absolute atomic E-state index is 14.1. The summed E-state index contributed by atoms with van der Waals surface area (Å²) in [6.07, 6.45) is 0. The molecule has 5 rings (SSSR count). The van der Waals surface area contributed by atoms with Crippen molar-refractivity contribution in [2.75, 3.05) is 13.7 Å². The standard InChI is InChI=1S/C23H19ClF2N4O3/c1-3-30-18-5-4-11(6-14(18)21(24)28-30)23(32)29(2)19-10-33-9-17-20(19)12-7-15(25)16(26)8-13(12)22(31)27-17/h4-8,19H,3,9-10H2,1-2H3,(H,27,31)/t19-/m0/s1. The Hall–Kier alpha value is -3.30. The molecule has 3 heterocycles. The molecule has 0 spiro atoms. The Bertz CT molecular complexity index is 1500. The number of hydrogen-bond acceptors (Lipinski definition) is 4. The zero-order valence-corrected chi connectivity index (χ0v) is 18.5. The number of halogens is 3. The van der Waals surface area contributed by atoms with Gasteiger partial charge in [0.2, 0.25) is 0 Å². The molecule has 1 amide bonds. The van der Waals surface area contributed by atoms with Crippen molar-refractivity contribution in [3.63, 3.8) is 0 Å². The molecule has 0 unspecified atom stereocenters. The molecule has 0 fully saturated rings.